The van der Waals surface area contributed by atoms with Crippen molar-refractivity contribution in [1.82, 2.24) is 20.0 Å². The number of nitrogens with one attached hydrogen (secondary N) is 1. The van der Waals surface area contributed by atoms with Crippen LogP contribution < -0.4 is 5.32 Å². The van der Waals surface area contributed by atoms with Crippen LogP contribution in [0.1, 0.15) is 53.1 Å². The van der Waals surface area contributed by atoms with Crippen LogP contribution in [-0.2, 0) is 20.9 Å². The average Bonchev–Trinajstić information content (AvgIpc) is 3.10. The molecule has 3 aliphatic heterocycles. The Labute approximate surface area is 276 Å². The molecule has 4 aliphatic rings. The number of halogens is 1. The minimum absolute atomic E-state index is 0.0343. The molecule has 0 aromatic heterocycles. The second-order valence-corrected chi connectivity index (χ2v) is 13.1. The maximum atomic E-state index is 13.5. The molecule has 46 heavy (non-hydrogen) atoms. The molecule has 2 atom stereocenters. The molecule has 2 unspecified atom stereocenters. The lowest BCUT2D eigenvalue weighted by Gasteiger charge is -2.41. The summed E-state index contributed by atoms with van der Waals surface area (Å²) < 4.78 is 11.2. The van der Waals surface area contributed by atoms with Gasteiger partial charge in [-0.25, -0.2) is 4.79 Å². The molecule has 0 saturated carbocycles. The second-order valence-electron chi connectivity index (χ2n) is 12.7. The minimum Gasteiger partial charge on any atom is -0.445 e. The number of carbonyl (C=O) groups excluding carboxylic acids is 3. The number of carbonyl (C=O) groups is 3. The minimum atomic E-state index is -0.289. The Balaban J connectivity index is 0.956. The van der Waals surface area contributed by atoms with Gasteiger partial charge in [-0.05, 0) is 73.9 Å². The molecule has 10 heteroatoms. The van der Waals surface area contributed by atoms with E-state index in [1.165, 1.54) is 0 Å². The fraction of sp³-hybridized carbons (Fsp3) is 0.472. The number of likely N-dealkylation sites (tertiary alicyclic amines) is 2. The molecule has 244 valence electrons. The summed E-state index contributed by atoms with van der Waals surface area (Å²) in [7, 11) is 0. The zero-order chi connectivity index (χ0) is 31.9. The fourth-order valence-electron chi connectivity index (χ4n) is 6.96. The number of allylic oxidation sites excluding steroid dienone is 2. The first-order valence-corrected chi connectivity index (χ1v) is 16.8. The summed E-state index contributed by atoms with van der Waals surface area (Å²) in [5, 5.41) is 3.71. The van der Waals surface area contributed by atoms with E-state index in [4.69, 9.17) is 21.1 Å². The van der Waals surface area contributed by atoms with Crippen LogP contribution in [0.4, 0.5) is 4.79 Å². The number of nitrogens with zero attached hydrogens (tertiary/aromatic N) is 3. The van der Waals surface area contributed by atoms with Crippen molar-refractivity contribution in [3.8, 4) is 0 Å². The van der Waals surface area contributed by atoms with E-state index in [-0.39, 0.29) is 49.2 Å². The lowest BCUT2D eigenvalue weighted by atomic mass is 9.86. The Hall–Kier alpha value is -3.66. The van der Waals surface area contributed by atoms with Gasteiger partial charge < -0.3 is 29.5 Å². The smallest absolute Gasteiger partial charge is 0.410 e. The molecular formula is C36H43ClN4O5. The van der Waals surface area contributed by atoms with Crippen LogP contribution in [0.15, 0.2) is 72.8 Å². The molecule has 2 aromatic rings. The normalized spacial score (nSPS) is 22.5. The summed E-state index contributed by atoms with van der Waals surface area (Å²) in [5.74, 6) is 0.501. The van der Waals surface area contributed by atoms with E-state index in [9.17, 15) is 14.4 Å². The summed E-state index contributed by atoms with van der Waals surface area (Å²) in [6, 6.07) is 15.3. The summed E-state index contributed by atoms with van der Waals surface area (Å²) in [4.78, 5) is 44.7. The zero-order valence-electron chi connectivity index (χ0n) is 26.2. The Kier molecular flexibility index (Phi) is 10.7. The van der Waals surface area contributed by atoms with E-state index < -0.39 is 0 Å². The Morgan fingerprint density at radius 3 is 2.48 bits per heavy atom. The molecule has 3 fully saturated rings. The molecule has 0 spiro atoms. The monoisotopic (exact) mass is 646 g/mol. The number of ether oxygens (including phenoxy) is 2. The number of benzene rings is 2. The SMILES string of the molecule is O=C(NCC1CCN(C(=O)OCc2ccccc2)CC1)c1cc(Cl)ccc1C1CCN(CCN2C(=O)COC3C=CC=CC32)CC1. The quantitative estimate of drug-likeness (QED) is 0.412. The van der Waals surface area contributed by atoms with E-state index in [2.05, 4.69) is 10.2 Å². The van der Waals surface area contributed by atoms with E-state index in [1.807, 2.05) is 71.7 Å². The van der Waals surface area contributed by atoms with Crippen molar-refractivity contribution >= 4 is 29.5 Å². The van der Waals surface area contributed by atoms with Crippen molar-refractivity contribution in [1.29, 1.82) is 0 Å². The number of amides is 3. The van der Waals surface area contributed by atoms with Gasteiger partial charge in [0.15, 0.2) is 0 Å². The molecular weight excluding hydrogens is 604 g/mol. The summed E-state index contributed by atoms with van der Waals surface area (Å²) in [5.41, 5.74) is 2.66. The van der Waals surface area contributed by atoms with Crippen molar-refractivity contribution in [3.63, 3.8) is 0 Å². The van der Waals surface area contributed by atoms with Gasteiger partial charge in [0, 0.05) is 43.3 Å². The van der Waals surface area contributed by atoms with Gasteiger partial charge in [-0.1, -0.05) is 72.3 Å². The van der Waals surface area contributed by atoms with Crippen LogP contribution in [0.5, 0.6) is 0 Å². The highest BCUT2D eigenvalue weighted by Gasteiger charge is 2.35. The molecule has 1 aliphatic carbocycles. The first-order valence-electron chi connectivity index (χ1n) is 16.5. The van der Waals surface area contributed by atoms with Gasteiger partial charge in [-0.15, -0.1) is 0 Å². The van der Waals surface area contributed by atoms with Crippen LogP contribution >= 0.6 is 11.6 Å². The first-order chi connectivity index (χ1) is 22.4. The van der Waals surface area contributed by atoms with Crippen molar-refractivity contribution in [2.75, 3.05) is 52.4 Å². The molecule has 3 saturated heterocycles. The summed E-state index contributed by atoms with van der Waals surface area (Å²) in [6.07, 6.45) is 11.2. The number of hydrogen-bond acceptors (Lipinski definition) is 6. The number of hydrogen-bond donors (Lipinski definition) is 1. The Morgan fingerprint density at radius 2 is 1.70 bits per heavy atom. The van der Waals surface area contributed by atoms with E-state index >= 15 is 0 Å². The number of piperidine rings is 2. The van der Waals surface area contributed by atoms with Gasteiger partial charge in [-0.3, -0.25) is 9.59 Å². The van der Waals surface area contributed by atoms with Gasteiger partial charge in [0.25, 0.3) is 5.91 Å². The van der Waals surface area contributed by atoms with E-state index in [1.54, 1.807) is 11.0 Å². The Bertz CT molecular complexity index is 1430. The van der Waals surface area contributed by atoms with Crippen LogP contribution in [0.3, 0.4) is 0 Å². The fourth-order valence-corrected chi connectivity index (χ4v) is 7.13. The molecule has 1 N–H and O–H groups in total. The predicted octanol–water partition coefficient (Wildman–Crippen LogP) is 5.02. The number of morpholine rings is 1. The molecule has 9 nitrogen and oxygen atoms in total. The summed E-state index contributed by atoms with van der Waals surface area (Å²) >= 11 is 6.37. The molecule has 6 rings (SSSR count). The lowest BCUT2D eigenvalue weighted by Crippen LogP contribution is -2.55. The largest absolute Gasteiger partial charge is 0.445 e. The zero-order valence-corrected chi connectivity index (χ0v) is 26.9. The van der Waals surface area contributed by atoms with E-state index in [0.717, 1.165) is 56.4 Å². The highest BCUT2D eigenvalue weighted by Crippen LogP contribution is 2.32. The van der Waals surface area contributed by atoms with Gasteiger partial charge >= 0.3 is 6.09 Å². The van der Waals surface area contributed by atoms with Gasteiger partial charge in [0.2, 0.25) is 5.91 Å². The second kappa shape index (κ2) is 15.3. The third-order valence-corrected chi connectivity index (χ3v) is 9.95. The molecule has 2 aromatic carbocycles. The molecule has 3 amide bonds. The van der Waals surface area contributed by atoms with Crippen molar-refractivity contribution in [3.05, 3.63) is 94.5 Å². The average molecular weight is 647 g/mol. The number of fused-ring (bicyclic) bond motifs is 1. The standard InChI is InChI=1S/C36H43ClN4O5/c37-29-10-11-30(28-14-16-39(17-15-28)20-21-41-32-8-4-5-9-33(32)45-25-34(41)42)31(22-29)35(43)38-23-26-12-18-40(19-13-26)36(44)46-24-27-6-2-1-3-7-27/h1-11,22,26,28,32-33H,12-21,23-25H2,(H,38,43). The number of rotatable bonds is 9. The van der Waals surface area contributed by atoms with Crippen molar-refractivity contribution in [2.24, 2.45) is 5.92 Å². The third kappa shape index (κ3) is 8.00. The van der Waals surface area contributed by atoms with Crippen LogP contribution in [-0.4, -0.2) is 97.2 Å². The molecule has 0 bridgehead atoms. The molecule has 0 radical (unpaired) electrons. The maximum absolute atomic E-state index is 13.5. The lowest BCUT2D eigenvalue weighted by molar-refractivity contribution is -0.150. The third-order valence-electron chi connectivity index (χ3n) is 9.71. The Morgan fingerprint density at radius 1 is 0.935 bits per heavy atom. The van der Waals surface area contributed by atoms with Crippen molar-refractivity contribution in [2.45, 2.75) is 50.4 Å². The van der Waals surface area contributed by atoms with Gasteiger partial charge in [0.05, 0.1) is 6.04 Å². The van der Waals surface area contributed by atoms with E-state index in [0.29, 0.717) is 42.7 Å². The van der Waals surface area contributed by atoms with Crippen LogP contribution in [0, 0.1) is 5.92 Å². The van der Waals surface area contributed by atoms with Crippen molar-refractivity contribution < 1.29 is 23.9 Å². The molecule has 3 heterocycles. The highest BCUT2D eigenvalue weighted by molar-refractivity contribution is 6.31. The van der Waals surface area contributed by atoms with Crippen LogP contribution in [0.25, 0.3) is 0 Å². The predicted molar refractivity (Wildman–Crippen MR) is 177 cm³/mol. The van der Waals surface area contributed by atoms with Gasteiger partial charge in [-0.2, -0.15) is 0 Å². The topological polar surface area (TPSA) is 91.4 Å². The summed E-state index contributed by atoms with van der Waals surface area (Å²) in [6.45, 7) is 5.49. The first kappa shape index (κ1) is 32.3. The maximum Gasteiger partial charge on any atom is 0.410 e. The van der Waals surface area contributed by atoms with Gasteiger partial charge in [0.1, 0.15) is 19.3 Å². The highest BCUT2D eigenvalue weighted by atomic mass is 35.5. The van der Waals surface area contributed by atoms with Crippen LogP contribution in [0.2, 0.25) is 5.02 Å².